The summed E-state index contributed by atoms with van der Waals surface area (Å²) in [7, 11) is 0. The molecule has 0 aromatic heterocycles. The molecule has 0 nitrogen and oxygen atoms in total. The Bertz CT molecular complexity index is 523. The van der Waals surface area contributed by atoms with Crippen LogP contribution >= 0.6 is 0 Å². The minimum atomic E-state index is -0.460. The van der Waals surface area contributed by atoms with E-state index in [1.807, 2.05) is 19.1 Å². The average Bonchev–Trinajstić information content (AvgIpc) is 2.39. The second kappa shape index (κ2) is 5.96. The monoisotopic (exact) mass is 260 g/mol. The summed E-state index contributed by atoms with van der Waals surface area (Å²) in [6, 6.07) is 12.2. The van der Waals surface area contributed by atoms with E-state index in [9.17, 15) is 8.78 Å². The Morgan fingerprint density at radius 3 is 1.95 bits per heavy atom. The second-order valence-corrected chi connectivity index (χ2v) is 4.91. The highest BCUT2D eigenvalue weighted by Gasteiger charge is 2.16. The van der Waals surface area contributed by atoms with Crippen LogP contribution in [-0.4, -0.2) is 0 Å². The van der Waals surface area contributed by atoms with E-state index < -0.39 is 11.6 Å². The number of halogens is 2. The normalized spacial score (nSPS) is 12.4. The zero-order valence-corrected chi connectivity index (χ0v) is 11.3. The predicted molar refractivity (Wildman–Crippen MR) is 74.3 cm³/mol. The van der Waals surface area contributed by atoms with Crippen LogP contribution < -0.4 is 0 Å². The highest BCUT2D eigenvalue weighted by molar-refractivity contribution is 5.28. The van der Waals surface area contributed by atoms with Crippen LogP contribution in [-0.2, 0) is 12.8 Å². The fraction of sp³-hybridized carbons (Fsp3) is 0.294. The molecule has 2 heteroatoms. The number of hydrogen-bond donors (Lipinski definition) is 0. The van der Waals surface area contributed by atoms with Crippen molar-refractivity contribution in [3.05, 3.63) is 70.8 Å². The molecule has 0 aliphatic carbocycles. The molecule has 0 heterocycles. The molecule has 0 fully saturated rings. The Hall–Kier alpha value is -1.70. The highest BCUT2D eigenvalue weighted by atomic mass is 19.1. The SMILES string of the molecule is CCc1ccc(CC(C)c2c(F)cccc2F)cc1. The maximum atomic E-state index is 13.7. The molecular formula is C17H18F2. The molecule has 0 bridgehead atoms. The van der Waals surface area contributed by atoms with Gasteiger partial charge in [0.05, 0.1) is 0 Å². The van der Waals surface area contributed by atoms with Crippen molar-refractivity contribution in [1.82, 2.24) is 0 Å². The van der Waals surface area contributed by atoms with Crippen molar-refractivity contribution in [2.24, 2.45) is 0 Å². The van der Waals surface area contributed by atoms with Crippen molar-refractivity contribution >= 4 is 0 Å². The van der Waals surface area contributed by atoms with Crippen molar-refractivity contribution in [2.45, 2.75) is 32.6 Å². The second-order valence-electron chi connectivity index (χ2n) is 4.91. The summed E-state index contributed by atoms with van der Waals surface area (Å²) in [5.41, 5.74) is 2.56. The van der Waals surface area contributed by atoms with Gasteiger partial charge in [-0.2, -0.15) is 0 Å². The van der Waals surface area contributed by atoms with Crippen LogP contribution in [0.2, 0.25) is 0 Å². The van der Waals surface area contributed by atoms with E-state index in [1.165, 1.54) is 23.8 Å². The number of benzene rings is 2. The molecule has 0 aliphatic heterocycles. The van der Waals surface area contributed by atoms with E-state index in [4.69, 9.17) is 0 Å². The number of rotatable bonds is 4. The van der Waals surface area contributed by atoms with Gasteiger partial charge in [-0.25, -0.2) is 8.78 Å². The smallest absolute Gasteiger partial charge is 0.129 e. The number of aryl methyl sites for hydroxylation is 1. The van der Waals surface area contributed by atoms with E-state index in [1.54, 1.807) is 0 Å². The summed E-state index contributed by atoms with van der Waals surface area (Å²) >= 11 is 0. The minimum Gasteiger partial charge on any atom is -0.207 e. The first-order valence-electron chi connectivity index (χ1n) is 6.63. The van der Waals surface area contributed by atoms with Gasteiger partial charge in [0, 0.05) is 5.56 Å². The van der Waals surface area contributed by atoms with Gasteiger partial charge in [-0.15, -0.1) is 0 Å². The van der Waals surface area contributed by atoms with Crippen molar-refractivity contribution in [3.63, 3.8) is 0 Å². The topological polar surface area (TPSA) is 0 Å². The van der Waals surface area contributed by atoms with Crippen LogP contribution in [0.5, 0.6) is 0 Å². The van der Waals surface area contributed by atoms with Gasteiger partial charge < -0.3 is 0 Å². The molecule has 0 saturated heterocycles. The van der Waals surface area contributed by atoms with Gasteiger partial charge in [0.2, 0.25) is 0 Å². The summed E-state index contributed by atoms with van der Waals surface area (Å²) < 4.78 is 27.4. The van der Waals surface area contributed by atoms with Gasteiger partial charge in [0.1, 0.15) is 11.6 Å². The Morgan fingerprint density at radius 1 is 0.895 bits per heavy atom. The van der Waals surface area contributed by atoms with Crippen molar-refractivity contribution in [1.29, 1.82) is 0 Å². The van der Waals surface area contributed by atoms with Gasteiger partial charge in [0.25, 0.3) is 0 Å². The van der Waals surface area contributed by atoms with Crippen molar-refractivity contribution in [3.8, 4) is 0 Å². The van der Waals surface area contributed by atoms with Crippen LogP contribution in [0.25, 0.3) is 0 Å². The van der Waals surface area contributed by atoms with Gasteiger partial charge in [-0.1, -0.05) is 44.2 Å². The first kappa shape index (κ1) is 13.7. The molecule has 19 heavy (non-hydrogen) atoms. The number of hydrogen-bond acceptors (Lipinski definition) is 0. The lowest BCUT2D eigenvalue weighted by atomic mass is 9.92. The van der Waals surface area contributed by atoms with Crippen molar-refractivity contribution in [2.75, 3.05) is 0 Å². The first-order chi connectivity index (χ1) is 9.11. The third-order valence-corrected chi connectivity index (χ3v) is 3.47. The lowest BCUT2D eigenvalue weighted by Gasteiger charge is -2.14. The summed E-state index contributed by atoms with van der Waals surface area (Å²) in [5.74, 6) is -1.09. The summed E-state index contributed by atoms with van der Waals surface area (Å²) in [6.07, 6.45) is 1.64. The molecule has 0 aliphatic rings. The molecule has 0 amide bonds. The lowest BCUT2D eigenvalue weighted by Crippen LogP contribution is -2.04. The summed E-state index contributed by atoms with van der Waals surface area (Å²) in [4.78, 5) is 0. The van der Waals surface area contributed by atoms with Crippen LogP contribution in [0.3, 0.4) is 0 Å². The molecule has 1 atom stereocenters. The summed E-state index contributed by atoms with van der Waals surface area (Å²) in [5, 5.41) is 0. The van der Waals surface area contributed by atoms with Crippen LogP contribution in [0.4, 0.5) is 8.78 Å². The zero-order chi connectivity index (χ0) is 13.8. The Balaban J connectivity index is 2.18. The van der Waals surface area contributed by atoms with Gasteiger partial charge in [0.15, 0.2) is 0 Å². The van der Waals surface area contributed by atoms with E-state index in [-0.39, 0.29) is 11.5 Å². The third kappa shape index (κ3) is 3.19. The standard InChI is InChI=1S/C17H18F2/c1-3-13-7-9-14(10-8-13)11-12(2)17-15(18)5-4-6-16(17)19/h4-10,12H,3,11H2,1-2H3. The van der Waals surface area contributed by atoms with E-state index >= 15 is 0 Å². The average molecular weight is 260 g/mol. The fourth-order valence-corrected chi connectivity index (χ4v) is 2.35. The van der Waals surface area contributed by atoms with E-state index in [0.717, 1.165) is 12.0 Å². The Kier molecular flexibility index (Phi) is 4.31. The van der Waals surface area contributed by atoms with Gasteiger partial charge in [-0.05, 0) is 42.0 Å². The molecule has 2 aromatic carbocycles. The molecule has 2 rings (SSSR count). The third-order valence-electron chi connectivity index (χ3n) is 3.47. The molecular weight excluding hydrogens is 242 g/mol. The molecule has 100 valence electrons. The predicted octanol–water partition coefficient (Wildman–Crippen LogP) is 4.87. The van der Waals surface area contributed by atoms with Gasteiger partial charge in [-0.3, -0.25) is 0 Å². The molecule has 0 spiro atoms. The first-order valence-corrected chi connectivity index (χ1v) is 6.63. The van der Waals surface area contributed by atoms with E-state index in [2.05, 4.69) is 19.1 Å². The van der Waals surface area contributed by atoms with Crippen LogP contribution in [0.1, 0.15) is 36.5 Å². The summed E-state index contributed by atoms with van der Waals surface area (Å²) in [6.45, 7) is 3.96. The molecule has 1 unspecified atom stereocenters. The van der Waals surface area contributed by atoms with E-state index in [0.29, 0.717) is 6.42 Å². The zero-order valence-electron chi connectivity index (χ0n) is 11.3. The fourth-order valence-electron chi connectivity index (χ4n) is 2.35. The maximum Gasteiger partial charge on any atom is 0.129 e. The largest absolute Gasteiger partial charge is 0.207 e. The molecule has 0 radical (unpaired) electrons. The highest BCUT2D eigenvalue weighted by Crippen LogP contribution is 2.25. The molecule has 0 N–H and O–H groups in total. The van der Waals surface area contributed by atoms with Crippen LogP contribution in [0, 0.1) is 11.6 Å². The Morgan fingerprint density at radius 2 is 1.42 bits per heavy atom. The Labute approximate surface area is 113 Å². The van der Waals surface area contributed by atoms with Gasteiger partial charge >= 0.3 is 0 Å². The van der Waals surface area contributed by atoms with Crippen LogP contribution in [0.15, 0.2) is 42.5 Å². The quantitative estimate of drug-likeness (QED) is 0.735. The molecule has 2 aromatic rings. The maximum absolute atomic E-state index is 13.7. The molecule has 0 saturated carbocycles. The lowest BCUT2D eigenvalue weighted by molar-refractivity contribution is 0.531. The minimum absolute atomic E-state index is 0.173. The van der Waals surface area contributed by atoms with Crippen molar-refractivity contribution < 1.29 is 8.78 Å².